The van der Waals surface area contributed by atoms with Gasteiger partial charge in [-0.2, -0.15) is 0 Å². The van der Waals surface area contributed by atoms with Gasteiger partial charge >= 0.3 is 11.9 Å². The molecule has 0 spiro atoms. The maximum atomic E-state index is 12.2. The van der Waals surface area contributed by atoms with Gasteiger partial charge in [0.25, 0.3) is 0 Å². The number of rotatable bonds is 8. The monoisotopic (exact) mass is 468 g/mol. The Labute approximate surface area is 207 Å². The zero-order chi connectivity index (χ0) is 24.3. The van der Waals surface area contributed by atoms with Gasteiger partial charge < -0.3 is 9.47 Å². The molecule has 0 saturated heterocycles. The van der Waals surface area contributed by atoms with Crippen molar-refractivity contribution in [2.45, 2.75) is 44.9 Å². The second-order valence-electron chi connectivity index (χ2n) is 8.91. The average Bonchev–Trinajstić information content (AvgIpc) is 2.90. The maximum Gasteiger partial charge on any atom is 0.331 e. The zero-order valence-corrected chi connectivity index (χ0v) is 20.1. The highest BCUT2D eigenvalue weighted by atomic mass is 16.5. The smallest absolute Gasteiger partial charge is 0.331 e. The first-order valence-corrected chi connectivity index (χ1v) is 12.4. The van der Waals surface area contributed by atoms with Gasteiger partial charge in [-0.25, -0.2) is 9.59 Å². The summed E-state index contributed by atoms with van der Waals surface area (Å²) in [6, 6.07) is 20.5. The molecular formula is C31H32O4. The van der Waals surface area contributed by atoms with E-state index in [2.05, 4.69) is 36.4 Å². The molecule has 0 aromatic heterocycles. The Balaban J connectivity index is 1.19. The lowest BCUT2D eigenvalue weighted by Gasteiger charge is -2.15. The molecule has 0 fully saturated rings. The molecule has 2 aromatic carbocycles. The quantitative estimate of drug-likeness (QED) is 0.241. The fourth-order valence-electron chi connectivity index (χ4n) is 4.48. The van der Waals surface area contributed by atoms with Crippen molar-refractivity contribution >= 4 is 23.1 Å². The predicted molar refractivity (Wildman–Crippen MR) is 139 cm³/mol. The maximum absolute atomic E-state index is 12.2. The highest BCUT2D eigenvalue weighted by Crippen LogP contribution is 2.30. The van der Waals surface area contributed by atoms with E-state index < -0.39 is 0 Å². The van der Waals surface area contributed by atoms with Gasteiger partial charge in [-0.05, 0) is 71.9 Å². The van der Waals surface area contributed by atoms with E-state index in [1.54, 1.807) is 12.2 Å². The standard InChI is InChI=1S/C31H32O4/c32-30(22-24-10-7-16-28(20-24)26-12-3-1-4-13-26)34-18-9-19-35-31(33)23-25-11-8-17-29(21-25)27-14-5-2-6-15-27/h1-6,12-15,20-23H,7-11,16-19H2/b24-22+,25-23+. The molecule has 2 aliphatic carbocycles. The Morgan fingerprint density at radius 2 is 1.06 bits per heavy atom. The van der Waals surface area contributed by atoms with Crippen molar-refractivity contribution in [3.8, 4) is 0 Å². The molecule has 0 aliphatic heterocycles. The van der Waals surface area contributed by atoms with Crippen LogP contribution in [0.15, 0.2) is 96.1 Å². The van der Waals surface area contributed by atoms with Crippen molar-refractivity contribution in [3.05, 3.63) is 107 Å². The Bertz CT molecular complexity index is 1050. The van der Waals surface area contributed by atoms with Crippen LogP contribution in [0.1, 0.15) is 56.1 Å². The molecule has 0 bridgehead atoms. The van der Waals surface area contributed by atoms with E-state index in [1.807, 2.05) is 36.4 Å². The molecule has 0 radical (unpaired) electrons. The number of hydrogen-bond acceptors (Lipinski definition) is 4. The van der Waals surface area contributed by atoms with E-state index >= 15 is 0 Å². The second kappa shape index (κ2) is 12.7. The molecule has 180 valence electrons. The van der Waals surface area contributed by atoms with Crippen LogP contribution >= 0.6 is 0 Å². The van der Waals surface area contributed by atoms with Crippen LogP contribution in [0.3, 0.4) is 0 Å². The summed E-state index contributed by atoms with van der Waals surface area (Å²) in [5, 5.41) is 0. The van der Waals surface area contributed by atoms with Crippen molar-refractivity contribution in [1.82, 2.24) is 0 Å². The summed E-state index contributed by atoms with van der Waals surface area (Å²) in [6.45, 7) is 0.444. The van der Waals surface area contributed by atoms with Crippen molar-refractivity contribution in [2.24, 2.45) is 0 Å². The topological polar surface area (TPSA) is 52.6 Å². The molecule has 2 aromatic rings. The summed E-state index contributed by atoms with van der Waals surface area (Å²) < 4.78 is 10.6. The van der Waals surface area contributed by atoms with Gasteiger partial charge in [-0.15, -0.1) is 0 Å². The first kappa shape index (κ1) is 24.5. The normalized spacial score (nSPS) is 18.1. The molecule has 0 saturated carbocycles. The minimum absolute atomic E-state index is 0.222. The summed E-state index contributed by atoms with van der Waals surface area (Å²) in [4.78, 5) is 24.4. The Hall–Kier alpha value is -3.66. The van der Waals surface area contributed by atoms with Crippen LogP contribution in [-0.4, -0.2) is 25.2 Å². The van der Waals surface area contributed by atoms with E-state index in [9.17, 15) is 9.59 Å². The van der Waals surface area contributed by atoms with Gasteiger partial charge in [0.1, 0.15) is 0 Å². The summed E-state index contributed by atoms with van der Waals surface area (Å²) in [6.07, 6.45) is 13.6. The van der Waals surface area contributed by atoms with E-state index in [1.165, 1.54) is 22.3 Å². The number of carbonyl (C=O) groups excluding carboxylic acids is 2. The predicted octanol–water partition coefficient (Wildman–Crippen LogP) is 6.85. The van der Waals surface area contributed by atoms with E-state index in [4.69, 9.17) is 9.47 Å². The number of ether oxygens (including phenoxy) is 2. The fraction of sp³-hybridized carbons (Fsp3) is 0.290. The van der Waals surface area contributed by atoms with Crippen LogP contribution in [0.4, 0.5) is 0 Å². The molecule has 4 rings (SSSR count). The third-order valence-electron chi connectivity index (χ3n) is 6.22. The van der Waals surface area contributed by atoms with E-state index in [0.29, 0.717) is 6.42 Å². The molecule has 2 aliphatic rings. The fourth-order valence-corrected chi connectivity index (χ4v) is 4.48. The number of carbonyl (C=O) groups is 2. The highest BCUT2D eigenvalue weighted by molar-refractivity contribution is 5.85. The molecule has 0 heterocycles. The van der Waals surface area contributed by atoms with Gasteiger partial charge in [-0.1, -0.05) is 72.8 Å². The summed E-state index contributed by atoms with van der Waals surface area (Å²) in [7, 11) is 0. The third kappa shape index (κ3) is 7.68. The van der Waals surface area contributed by atoms with Crippen molar-refractivity contribution in [2.75, 3.05) is 13.2 Å². The first-order chi connectivity index (χ1) is 17.2. The number of hydrogen-bond donors (Lipinski definition) is 0. The Morgan fingerprint density at radius 3 is 1.49 bits per heavy atom. The zero-order valence-electron chi connectivity index (χ0n) is 20.1. The lowest BCUT2D eigenvalue weighted by Crippen LogP contribution is -2.09. The number of esters is 2. The van der Waals surface area contributed by atoms with E-state index in [-0.39, 0.29) is 25.2 Å². The van der Waals surface area contributed by atoms with Crippen LogP contribution in [0.5, 0.6) is 0 Å². The van der Waals surface area contributed by atoms with Crippen molar-refractivity contribution in [1.29, 1.82) is 0 Å². The van der Waals surface area contributed by atoms with Gasteiger partial charge in [0.2, 0.25) is 0 Å². The summed E-state index contributed by atoms with van der Waals surface area (Å²) in [5.41, 5.74) is 6.88. The molecular weight excluding hydrogens is 436 g/mol. The van der Waals surface area contributed by atoms with Gasteiger partial charge in [0, 0.05) is 18.6 Å². The van der Waals surface area contributed by atoms with E-state index in [0.717, 1.165) is 49.7 Å². The van der Waals surface area contributed by atoms with Gasteiger partial charge in [0.15, 0.2) is 0 Å². The number of allylic oxidation sites excluding steroid dienone is 6. The van der Waals surface area contributed by atoms with Crippen molar-refractivity contribution in [3.63, 3.8) is 0 Å². The van der Waals surface area contributed by atoms with Crippen LogP contribution in [0, 0.1) is 0 Å². The molecule has 4 nitrogen and oxygen atoms in total. The minimum atomic E-state index is -0.347. The summed E-state index contributed by atoms with van der Waals surface area (Å²) in [5.74, 6) is -0.695. The third-order valence-corrected chi connectivity index (χ3v) is 6.22. The average molecular weight is 469 g/mol. The lowest BCUT2D eigenvalue weighted by molar-refractivity contribution is -0.140. The largest absolute Gasteiger partial charge is 0.462 e. The van der Waals surface area contributed by atoms with Gasteiger partial charge in [-0.3, -0.25) is 0 Å². The Morgan fingerprint density at radius 1 is 0.629 bits per heavy atom. The molecule has 0 N–H and O–H groups in total. The van der Waals surface area contributed by atoms with Crippen LogP contribution in [0.25, 0.3) is 11.1 Å². The molecule has 0 unspecified atom stereocenters. The van der Waals surface area contributed by atoms with Gasteiger partial charge in [0.05, 0.1) is 13.2 Å². The summed E-state index contributed by atoms with van der Waals surface area (Å²) >= 11 is 0. The SMILES string of the molecule is O=C(/C=C1/C=C(c2ccccc2)CCC1)OCCCOC(=O)/C=C1/C=C(c2ccccc2)CCC1. The minimum Gasteiger partial charge on any atom is -0.462 e. The van der Waals surface area contributed by atoms with Crippen LogP contribution in [0.2, 0.25) is 0 Å². The van der Waals surface area contributed by atoms with Crippen LogP contribution < -0.4 is 0 Å². The van der Waals surface area contributed by atoms with Crippen molar-refractivity contribution < 1.29 is 19.1 Å². The molecule has 0 atom stereocenters. The molecule has 0 amide bonds. The lowest BCUT2D eigenvalue weighted by atomic mass is 9.90. The Kier molecular flexibility index (Phi) is 8.88. The number of benzene rings is 2. The molecule has 35 heavy (non-hydrogen) atoms. The second-order valence-corrected chi connectivity index (χ2v) is 8.91. The highest BCUT2D eigenvalue weighted by Gasteiger charge is 2.12. The molecule has 4 heteroatoms. The first-order valence-electron chi connectivity index (χ1n) is 12.4. The van der Waals surface area contributed by atoms with Crippen LogP contribution in [-0.2, 0) is 19.1 Å².